The molecule has 0 aromatic carbocycles. The molecule has 66 valence electrons. The lowest BCUT2D eigenvalue weighted by Gasteiger charge is -2.15. The normalized spacial score (nSPS) is 21.8. The van der Waals surface area contributed by atoms with Gasteiger partial charge < -0.3 is 10.1 Å². The maximum atomic E-state index is 5.15. The highest BCUT2D eigenvalue weighted by Gasteiger charge is 2.06. The number of hydrogen-bond donors (Lipinski definition) is 1. The van der Waals surface area contributed by atoms with Crippen molar-refractivity contribution in [2.45, 2.75) is 19.4 Å². The van der Waals surface area contributed by atoms with Crippen molar-refractivity contribution in [3.05, 3.63) is 23.9 Å². The lowest BCUT2D eigenvalue weighted by atomic mass is 10.1. The van der Waals surface area contributed by atoms with Crippen molar-refractivity contribution < 1.29 is 4.74 Å². The third-order valence-electron chi connectivity index (χ3n) is 1.68. The van der Waals surface area contributed by atoms with Crippen molar-refractivity contribution >= 4 is 17.2 Å². The van der Waals surface area contributed by atoms with Gasteiger partial charge in [-0.25, -0.2) is 0 Å². The quantitative estimate of drug-likeness (QED) is 0.659. The zero-order chi connectivity index (χ0) is 8.97. The van der Waals surface area contributed by atoms with Gasteiger partial charge in [0.2, 0.25) is 0 Å². The van der Waals surface area contributed by atoms with E-state index in [9.17, 15) is 0 Å². The first kappa shape index (κ1) is 9.42. The SMILES string of the molecule is COC1C=CC(NC(C)=S)=CC1. The van der Waals surface area contributed by atoms with Crippen LogP contribution >= 0.6 is 12.2 Å². The molecular formula is C9H13NOS. The number of allylic oxidation sites excluding steroid dienone is 1. The fourth-order valence-corrected chi connectivity index (χ4v) is 1.19. The molecule has 1 unspecified atom stereocenters. The predicted molar refractivity (Wildman–Crippen MR) is 54.0 cm³/mol. The molecule has 0 saturated carbocycles. The van der Waals surface area contributed by atoms with Crippen LogP contribution in [-0.4, -0.2) is 18.2 Å². The zero-order valence-electron chi connectivity index (χ0n) is 7.33. The van der Waals surface area contributed by atoms with Gasteiger partial charge in [0.1, 0.15) is 0 Å². The van der Waals surface area contributed by atoms with E-state index in [-0.39, 0.29) is 6.10 Å². The molecule has 0 heterocycles. The smallest absolute Gasteiger partial charge is 0.0791 e. The number of ether oxygens (including phenoxy) is 1. The molecule has 0 spiro atoms. The van der Waals surface area contributed by atoms with E-state index in [1.165, 1.54) is 0 Å². The van der Waals surface area contributed by atoms with E-state index in [2.05, 4.69) is 11.4 Å². The molecule has 3 heteroatoms. The summed E-state index contributed by atoms with van der Waals surface area (Å²) in [4.78, 5) is 0.793. The van der Waals surface area contributed by atoms with Crippen molar-refractivity contribution in [1.29, 1.82) is 0 Å². The Morgan fingerprint density at radius 3 is 2.92 bits per heavy atom. The molecule has 0 bridgehead atoms. The van der Waals surface area contributed by atoms with Gasteiger partial charge in [-0.2, -0.15) is 0 Å². The lowest BCUT2D eigenvalue weighted by Crippen LogP contribution is -2.19. The molecule has 0 saturated heterocycles. The monoisotopic (exact) mass is 183 g/mol. The van der Waals surface area contributed by atoms with Crippen LogP contribution in [0.2, 0.25) is 0 Å². The highest BCUT2D eigenvalue weighted by molar-refractivity contribution is 7.80. The van der Waals surface area contributed by atoms with E-state index in [1.54, 1.807) is 7.11 Å². The van der Waals surface area contributed by atoms with E-state index in [4.69, 9.17) is 17.0 Å². The second-order valence-electron chi connectivity index (χ2n) is 2.71. The molecule has 12 heavy (non-hydrogen) atoms. The minimum atomic E-state index is 0.223. The Labute approximate surface area is 78.3 Å². The Balaban J connectivity index is 2.46. The van der Waals surface area contributed by atoms with Crippen LogP contribution in [0.3, 0.4) is 0 Å². The highest BCUT2D eigenvalue weighted by atomic mass is 32.1. The lowest BCUT2D eigenvalue weighted by molar-refractivity contribution is 0.142. The number of methoxy groups -OCH3 is 1. The first-order chi connectivity index (χ1) is 5.72. The van der Waals surface area contributed by atoms with Crippen molar-refractivity contribution in [3.8, 4) is 0 Å². The van der Waals surface area contributed by atoms with E-state index < -0.39 is 0 Å². The predicted octanol–water partition coefficient (Wildman–Crippen LogP) is 1.78. The molecule has 1 aliphatic carbocycles. The molecular weight excluding hydrogens is 170 g/mol. The van der Waals surface area contributed by atoms with Gasteiger partial charge in [0.05, 0.1) is 11.1 Å². The molecule has 2 nitrogen and oxygen atoms in total. The first-order valence-corrected chi connectivity index (χ1v) is 4.32. The van der Waals surface area contributed by atoms with Crippen LogP contribution in [0.5, 0.6) is 0 Å². The fraction of sp³-hybridized carbons (Fsp3) is 0.444. The average Bonchev–Trinajstić information content (AvgIpc) is 2.05. The molecule has 0 fully saturated rings. The Hall–Kier alpha value is -0.670. The number of nitrogens with one attached hydrogen (secondary N) is 1. The van der Waals surface area contributed by atoms with E-state index in [0.29, 0.717) is 0 Å². The van der Waals surface area contributed by atoms with Crippen LogP contribution in [0.1, 0.15) is 13.3 Å². The largest absolute Gasteiger partial charge is 0.377 e. The summed E-state index contributed by atoms with van der Waals surface area (Å²) in [6.45, 7) is 1.87. The summed E-state index contributed by atoms with van der Waals surface area (Å²) in [7, 11) is 1.71. The topological polar surface area (TPSA) is 21.3 Å². The number of thiocarbonyl (C=S) groups is 1. The zero-order valence-corrected chi connectivity index (χ0v) is 8.15. The van der Waals surface area contributed by atoms with Gasteiger partial charge in [-0.3, -0.25) is 0 Å². The summed E-state index contributed by atoms with van der Waals surface area (Å²) < 4.78 is 5.15. The third-order valence-corrected chi connectivity index (χ3v) is 1.79. The molecule has 1 aliphatic rings. The summed E-state index contributed by atoms with van der Waals surface area (Å²) in [5, 5.41) is 3.08. The van der Waals surface area contributed by atoms with Crippen LogP contribution in [0.15, 0.2) is 23.9 Å². The highest BCUT2D eigenvalue weighted by Crippen LogP contribution is 2.10. The van der Waals surface area contributed by atoms with Gasteiger partial charge >= 0.3 is 0 Å². The molecule has 0 aromatic rings. The summed E-state index contributed by atoms with van der Waals surface area (Å²) >= 11 is 4.92. The fourth-order valence-electron chi connectivity index (χ4n) is 1.07. The molecule has 0 amide bonds. The molecule has 1 atom stereocenters. The van der Waals surface area contributed by atoms with Gasteiger partial charge in [0.25, 0.3) is 0 Å². The second kappa shape index (κ2) is 4.38. The van der Waals surface area contributed by atoms with Crippen LogP contribution in [0.4, 0.5) is 0 Å². The Morgan fingerprint density at radius 1 is 1.75 bits per heavy atom. The van der Waals surface area contributed by atoms with Crippen LogP contribution in [0, 0.1) is 0 Å². The number of rotatable bonds is 2. The van der Waals surface area contributed by atoms with E-state index in [0.717, 1.165) is 17.1 Å². The summed E-state index contributed by atoms with van der Waals surface area (Å²) in [6.07, 6.45) is 7.25. The third kappa shape index (κ3) is 2.75. The van der Waals surface area contributed by atoms with Crippen molar-refractivity contribution in [3.63, 3.8) is 0 Å². The van der Waals surface area contributed by atoms with E-state index in [1.807, 2.05) is 19.1 Å². The Bertz CT molecular complexity index is 233. The maximum absolute atomic E-state index is 5.15. The summed E-state index contributed by atoms with van der Waals surface area (Å²) in [5.74, 6) is 0. The molecule has 1 N–H and O–H groups in total. The number of hydrogen-bond acceptors (Lipinski definition) is 2. The van der Waals surface area contributed by atoms with Crippen LogP contribution in [-0.2, 0) is 4.74 Å². The van der Waals surface area contributed by atoms with Gasteiger partial charge in [0, 0.05) is 12.8 Å². The summed E-state index contributed by atoms with van der Waals surface area (Å²) in [6, 6.07) is 0. The van der Waals surface area contributed by atoms with Gasteiger partial charge in [0.15, 0.2) is 0 Å². The summed E-state index contributed by atoms with van der Waals surface area (Å²) in [5.41, 5.74) is 1.07. The van der Waals surface area contributed by atoms with Gasteiger partial charge in [-0.05, 0) is 19.4 Å². The molecule has 0 aliphatic heterocycles. The minimum absolute atomic E-state index is 0.223. The standard InChI is InChI=1S/C9H13NOS/c1-7(12)10-8-3-5-9(11-2)6-4-8/h3-5,9H,6H2,1-2H3,(H,10,12). The first-order valence-electron chi connectivity index (χ1n) is 3.91. The minimum Gasteiger partial charge on any atom is -0.377 e. The van der Waals surface area contributed by atoms with Gasteiger partial charge in [-0.15, -0.1) is 0 Å². The van der Waals surface area contributed by atoms with Crippen LogP contribution in [0.25, 0.3) is 0 Å². The Morgan fingerprint density at radius 2 is 2.50 bits per heavy atom. The Kier molecular flexibility index (Phi) is 3.44. The maximum Gasteiger partial charge on any atom is 0.0791 e. The van der Waals surface area contributed by atoms with Crippen molar-refractivity contribution in [2.24, 2.45) is 0 Å². The molecule has 1 rings (SSSR count). The average molecular weight is 183 g/mol. The second-order valence-corrected chi connectivity index (χ2v) is 3.32. The van der Waals surface area contributed by atoms with Gasteiger partial charge in [-0.1, -0.05) is 24.4 Å². The molecule has 0 radical (unpaired) electrons. The molecule has 0 aromatic heterocycles. The van der Waals surface area contributed by atoms with Crippen molar-refractivity contribution in [1.82, 2.24) is 5.32 Å². The van der Waals surface area contributed by atoms with E-state index >= 15 is 0 Å². The van der Waals surface area contributed by atoms with Crippen molar-refractivity contribution in [2.75, 3.05) is 7.11 Å². The van der Waals surface area contributed by atoms with Crippen LogP contribution < -0.4 is 5.32 Å².